The van der Waals surface area contributed by atoms with Crippen molar-refractivity contribution in [3.8, 4) is 0 Å². The van der Waals surface area contributed by atoms with Crippen LogP contribution >= 0.6 is 12.4 Å². The van der Waals surface area contributed by atoms with Crippen molar-refractivity contribution >= 4 is 18.7 Å². The maximum absolute atomic E-state index is 11.2. The van der Waals surface area contributed by atoms with E-state index in [1.807, 2.05) is 6.92 Å². The Bertz CT molecular complexity index is 384. The van der Waals surface area contributed by atoms with Crippen LogP contribution in [0.4, 0.5) is 0 Å². The van der Waals surface area contributed by atoms with E-state index in [9.17, 15) is 4.79 Å². The van der Waals surface area contributed by atoms with Crippen molar-refractivity contribution < 1.29 is 4.79 Å². The van der Waals surface area contributed by atoms with E-state index in [4.69, 9.17) is 0 Å². The Morgan fingerprint density at radius 2 is 1.68 bits per heavy atom. The number of halogens is 1. The van der Waals surface area contributed by atoms with Crippen LogP contribution in [0.2, 0.25) is 0 Å². The molecular formula is C16H24ClNO. The number of hydrogen-bond acceptors (Lipinski definition) is 2. The van der Waals surface area contributed by atoms with E-state index in [2.05, 4.69) is 36.1 Å². The topological polar surface area (TPSA) is 20.3 Å². The molecule has 3 heteroatoms. The summed E-state index contributed by atoms with van der Waals surface area (Å²) in [7, 11) is 0. The molecule has 1 saturated heterocycles. The van der Waals surface area contributed by atoms with Crippen molar-refractivity contribution in [3.05, 3.63) is 35.4 Å². The third-order valence-corrected chi connectivity index (χ3v) is 3.92. The number of benzene rings is 1. The first-order valence-corrected chi connectivity index (χ1v) is 6.98. The average molecular weight is 282 g/mol. The molecule has 2 rings (SSSR count). The molecule has 0 aromatic heterocycles. The molecule has 1 aromatic rings. The van der Waals surface area contributed by atoms with Gasteiger partial charge < -0.3 is 4.79 Å². The molecule has 0 radical (unpaired) electrons. The van der Waals surface area contributed by atoms with Gasteiger partial charge in [-0.15, -0.1) is 12.4 Å². The molecule has 1 heterocycles. The van der Waals surface area contributed by atoms with Crippen molar-refractivity contribution in [2.45, 2.75) is 39.2 Å². The van der Waals surface area contributed by atoms with Crippen molar-refractivity contribution in [3.63, 3.8) is 0 Å². The number of hydrogen-bond donors (Lipinski definition) is 0. The predicted octanol–water partition coefficient (Wildman–Crippen LogP) is 3.78. The van der Waals surface area contributed by atoms with E-state index in [1.165, 1.54) is 30.4 Å². The number of carbonyl (C=O) groups excluding carboxylic acids is 1. The maximum Gasteiger partial charge on any atom is 0.124 e. The summed E-state index contributed by atoms with van der Waals surface area (Å²) in [5, 5.41) is 0. The quantitative estimate of drug-likeness (QED) is 0.783. The van der Waals surface area contributed by atoms with Crippen molar-refractivity contribution in [2.75, 3.05) is 13.1 Å². The molecule has 0 spiro atoms. The third kappa shape index (κ3) is 4.05. The Labute approximate surface area is 122 Å². The SMILES string of the molecule is Cc1ccc(C(C(C)C=O)N2CCCCC2)cc1.Cl. The van der Waals surface area contributed by atoms with Gasteiger partial charge in [0.25, 0.3) is 0 Å². The highest BCUT2D eigenvalue weighted by molar-refractivity contribution is 5.85. The number of rotatable bonds is 4. The maximum atomic E-state index is 11.2. The van der Waals surface area contributed by atoms with Gasteiger partial charge in [0.1, 0.15) is 6.29 Å². The van der Waals surface area contributed by atoms with Crippen LogP contribution in [0, 0.1) is 12.8 Å². The fourth-order valence-electron chi connectivity index (χ4n) is 2.88. The monoisotopic (exact) mass is 281 g/mol. The van der Waals surface area contributed by atoms with Crippen LogP contribution in [0.15, 0.2) is 24.3 Å². The summed E-state index contributed by atoms with van der Waals surface area (Å²) >= 11 is 0. The molecule has 0 amide bonds. The molecule has 2 atom stereocenters. The van der Waals surface area contributed by atoms with E-state index in [0.717, 1.165) is 19.4 Å². The largest absolute Gasteiger partial charge is 0.303 e. The molecule has 1 aliphatic heterocycles. The van der Waals surface area contributed by atoms with Crippen LogP contribution < -0.4 is 0 Å². The second kappa shape index (κ2) is 7.66. The van der Waals surface area contributed by atoms with Crippen molar-refractivity contribution in [1.29, 1.82) is 0 Å². The fourth-order valence-corrected chi connectivity index (χ4v) is 2.88. The molecule has 1 fully saturated rings. The third-order valence-electron chi connectivity index (χ3n) is 3.92. The molecule has 2 unspecified atom stereocenters. The molecule has 0 N–H and O–H groups in total. The highest BCUT2D eigenvalue weighted by atomic mass is 35.5. The van der Waals surface area contributed by atoms with E-state index in [0.29, 0.717) is 0 Å². The number of likely N-dealkylation sites (tertiary alicyclic amines) is 1. The number of aldehydes is 1. The molecule has 0 saturated carbocycles. The van der Waals surface area contributed by atoms with E-state index < -0.39 is 0 Å². The highest BCUT2D eigenvalue weighted by Crippen LogP contribution is 2.30. The average Bonchev–Trinajstić information content (AvgIpc) is 2.42. The van der Waals surface area contributed by atoms with Gasteiger partial charge in [0.2, 0.25) is 0 Å². The zero-order valence-electron chi connectivity index (χ0n) is 11.8. The fraction of sp³-hybridized carbons (Fsp3) is 0.562. The van der Waals surface area contributed by atoms with Crippen LogP contribution in [0.1, 0.15) is 43.4 Å². The lowest BCUT2D eigenvalue weighted by atomic mass is 9.92. The van der Waals surface area contributed by atoms with Crippen molar-refractivity contribution in [2.24, 2.45) is 5.92 Å². The van der Waals surface area contributed by atoms with Crippen molar-refractivity contribution in [1.82, 2.24) is 4.90 Å². The highest BCUT2D eigenvalue weighted by Gasteiger charge is 2.26. The minimum atomic E-state index is 0. The Kier molecular flexibility index (Phi) is 6.53. The van der Waals surface area contributed by atoms with Gasteiger partial charge in [-0.3, -0.25) is 4.90 Å². The molecule has 19 heavy (non-hydrogen) atoms. The predicted molar refractivity (Wildman–Crippen MR) is 81.8 cm³/mol. The van der Waals surface area contributed by atoms with Gasteiger partial charge in [-0.25, -0.2) is 0 Å². The number of nitrogens with zero attached hydrogens (tertiary/aromatic N) is 1. The Balaban J connectivity index is 0.00000180. The van der Waals surface area contributed by atoms with Gasteiger partial charge in [0.05, 0.1) is 0 Å². The lowest BCUT2D eigenvalue weighted by molar-refractivity contribution is -0.112. The van der Waals surface area contributed by atoms with Crippen LogP contribution in [0.5, 0.6) is 0 Å². The molecule has 0 aliphatic carbocycles. The molecule has 0 bridgehead atoms. The van der Waals surface area contributed by atoms with Crippen LogP contribution in [-0.4, -0.2) is 24.3 Å². The van der Waals surface area contributed by atoms with Gasteiger partial charge in [-0.2, -0.15) is 0 Å². The second-order valence-corrected chi connectivity index (χ2v) is 5.45. The Morgan fingerprint density at radius 3 is 2.21 bits per heavy atom. The van der Waals surface area contributed by atoms with E-state index in [1.54, 1.807) is 0 Å². The van der Waals surface area contributed by atoms with Gasteiger partial charge in [0.15, 0.2) is 0 Å². The summed E-state index contributed by atoms with van der Waals surface area (Å²) in [6, 6.07) is 8.89. The van der Waals surface area contributed by atoms with Crippen LogP contribution in [-0.2, 0) is 4.79 Å². The summed E-state index contributed by atoms with van der Waals surface area (Å²) in [4.78, 5) is 13.7. The number of aryl methyl sites for hydroxylation is 1. The van der Waals surface area contributed by atoms with Crippen LogP contribution in [0.3, 0.4) is 0 Å². The Morgan fingerprint density at radius 1 is 1.11 bits per heavy atom. The minimum absolute atomic E-state index is 0. The van der Waals surface area contributed by atoms with Gasteiger partial charge in [0, 0.05) is 12.0 Å². The zero-order valence-corrected chi connectivity index (χ0v) is 12.7. The first-order chi connectivity index (χ1) is 8.72. The standard InChI is InChI=1S/C16H23NO.ClH/c1-13-6-8-15(9-7-13)16(14(2)12-18)17-10-4-3-5-11-17;/h6-9,12,14,16H,3-5,10-11H2,1-2H3;1H. The minimum Gasteiger partial charge on any atom is -0.303 e. The Hall–Kier alpha value is -0.860. The van der Waals surface area contributed by atoms with E-state index >= 15 is 0 Å². The summed E-state index contributed by atoms with van der Waals surface area (Å²) in [6.07, 6.45) is 4.94. The summed E-state index contributed by atoms with van der Waals surface area (Å²) in [5.74, 6) is 0.0609. The smallest absolute Gasteiger partial charge is 0.124 e. The number of piperidine rings is 1. The normalized spacial score (nSPS) is 19.3. The number of carbonyl (C=O) groups is 1. The second-order valence-electron chi connectivity index (χ2n) is 5.45. The van der Waals surface area contributed by atoms with Gasteiger partial charge in [-0.05, 0) is 38.4 Å². The van der Waals surface area contributed by atoms with Gasteiger partial charge >= 0.3 is 0 Å². The molecule has 106 valence electrons. The first-order valence-electron chi connectivity index (χ1n) is 6.98. The van der Waals surface area contributed by atoms with Gasteiger partial charge in [-0.1, -0.05) is 43.2 Å². The molecule has 1 aromatic carbocycles. The van der Waals surface area contributed by atoms with Crippen LogP contribution in [0.25, 0.3) is 0 Å². The lowest BCUT2D eigenvalue weighted by Crippen LogP contribution is -2.37. The summed E-state index contributed by atoms with van der Waals surface area (Å²) in [6.45, 7) is 6.38. The molecular weight excluding hydrogens is 258 g/mol. The first kappa shape index (κ1) is 16.2. The lowest BCUT2D eigenvalue weighted by Gasteiger charge is -2.36. The zero-order chi connectivity index (χ0) is 13.0. The van der Waals surface area contributed by atoms with E-state index in [-0.39, 0.29) is 24.4 Å². The molecule has 1 aliphatic rings. The summed E-state index contributed by atoms with van der Waals surface area (Å²) < 4.78 is 0. The molecule has 2 nitrogen and oxygen atoms in total. The summed E-state index contributed by atoms with van der Waals surface area (Å²) in [5.41, 5.74) is 2.55.